The van der Waals surface area contributed by atoms with Crippen LogP contribution in [-0.4, -0.2) is 32.4 Å². The average molecular weight is 322 g/mol. The van der Waals surface area contributed by atoms with Crippen LogP contribution in [0.2, 0.25) is 0 Å². The number of carbonyl (C=O) groups is 2. The third kappa shape index (κ3) is 3.61. The molecule has 0 aliphatic carbocycles. The molecule has 3 N–H and O–H groups in total. The van der Waals surface area contributed by atoms with E-state index in [0.717, 1.165) is 5.56 Å². The third-order valence-corrected chi connectivity index (χ3v) is 3.21. The van der Waals surface area contributed by atoms with Crippen LogP contribution in [-0.2, 0) is 4.79 Å². The van der Waals surface area contributed by atoms with E-state index in [1.807, 2.05) is 0 Å². The number of aromatic nitrogens is 4. The van der Waals surface area contributed by atoms with E-state index in [-0.39, 0.29) is 11.8 Å². The highest BCUT2D eigenvalue weighted by atomic mass is 16.2. The second kappa shape index (κ2) is 6.69. The first kappa shape index (κ1) is 15.3. The summed E-state index contributed by atoms with van der Waals surface area (Å²) < 4.78 is 0. The molecule has 0 bridgehead atoms. The van der Waals surface area contributed by atoms with Gasteiger partial charge in [-0.15, -0.1) is 10.2 Å². The Morgan fingerprint density at radius 1 is 0.917 bits per heavy atom. The number of carbonyl (C=O) groups excluding carboxylic acids is 2. The zero-order valence-electron chi connectivity index (χ0n) is 12.8. The molecule has 0 saturated heterocycles. The minimum atomic E-state index is -0.239. The minimum absolute atomic E-state index is 0.158. The van der Waals surface area contributed by atoms with E-state index in [1.54, 1.807) is 48.5 Å². The van der Waals surface area contributed by atoms with E-state index in [1.165, 1.54) is 6.92 Å². The van der Waals surface area contributed by atoms with Crippen molar-refractivity contribution in [3.63, 3.8) is 0 Å². The summed E-state index contributed by atoms with van der Waals surface area (Å²) in [6.45, 7) is 1.43. The van der Waals surface area contributed by atoms with Crippen LogP contribution in [0.1, 0.15) is 17.3 Å². The lowest BCUT2D eigenvalue weighted by Gasteiger charge is -2.07. The number of H-pyrrole nitrogens is 1. The van der Waals surface area contributed by atoms with Gasteiger partial charge in [0.05, 0.1) is 0 Å². The third-order valence-electron chi connectivity index (χ3n) is 3.21. The predicted molar refractivity (Wildman–Crippen MR) is 88.3 cm³/mol. The molecule has 24 heavy (non-hydrogen) atoms. The number of aromatic amines is 1. The number of rotatable bonds is 4. The Kier molecular flexibility index (Phi) is 4.28. The molecule has 0 saturated carbocycles. The Morgan fingerprint density at radius 3 is 2.12 bits per heavy atom. The number of tetrazole rings is 1. The number of hydrogen-bond donors (Lipinski definition) is 3. The topological polar surface area (TPSA) is 113 Å². The van der Waals surface area contributed by atoms with E-state index in [4.69, 9.17) is 0 Å². The fraction of sp³-hybridized carbons (Fsp3) is 0.0625. The predicted octanol–water partition coefficient (Wildman–Crippen LogP) is 2.08. The maximum Gasteiger partial charge on any atom is 0.255 e. The SMILES string of the molecule is CC(=O)Nc1ccc(C(=O)Nc2ccc(-c3nn[nH]n3)cc2)cc1. The lowest BCUT2D eigenvalue weighted by Crippen LogP contribution is -2.12. The second-order valence-electron chi connectivity index (χ2n) is 5.03. The van der Waals surface area contributed by atoms with Gasteiger partial charge in [0.25, 0.3) is 5.91 Å². The zero-order valence-corrected chi connectivity index (χ0v) is 12.8. The molecule has 3 rings (SSSR count). The van der Waals surface area contributed by atoms with Gasteiger partial charge in [-0.05, 0) is 53.7 Å². The Hall–Kier alpha value is -3.55. The summed E-state index contributed by atoms with van der Waals surface area (Å²) in [5.41, 5.74) is 2.58. The summed E-state index contributed by atoms with van der Waals surface area (Å²) in [4.78, 5) is 23.2. The molecule has 0 spiro atoms. The lowest BCUT2D eigenvalue weighted by atomic mass is 10.1. The molecular formula is C16H14N6O2. The quantitative estimate of drug-likeness (QED) is 0.680. The van der Waals surface area contributed by atoms with Crippen LogP contribution >= 0.6 is 0 Å². The van der Waals surface area contributed by atoms with Crippen molar-refractivity contribution in [2.45, 2.75) is 6.92 Å². The fourth-order valence-corrected chi connectivity index (χ4v) is 2.10. The molecule has 120 valence electrons. The number of nitrogens with one attached hydrogen (secondary N) is 3. The molecular weight excluding hydrogens is 308 g/mol. The molecule has 0 aliphatic heterocycles. The molecule has 8 nitrogen and oxygen atoms in total. The van der Waals surface area contributed by atoms with Crippen LogP contribution in [0.15, 0.2) is 48.5 Å². The molecule has 0 radical (unpaired) electrons. The monoisotopic (exact) mass is 322 g/mol. The molecule has 1 aromatic heterocycles. The maximum absolute atomic E-state index is 12.2. The van der Waals surface area contributed by atoms with Gasteiger partial charge in [0.1, 0.15) is 0 Å². The van der Waals surface area contributed by atoms with E-state index >= 15 is 0 Å². The van der Waals surface area contributed by atoms with Crippen molar-refractivity contribution in [2.24, 2.45) is 0 Å². The highest BCUT2D eigenvalue weighted by molar-refractivity contribution is 6.04. The van der Waals surface area contributed by atoms with Crippen LogP contribution in [0.25, 0.3) is 11.4 Å². The first-order valence-electron chi connectivity index (χ1n) is 7.15. The van der Waals surface area contributed by atoms with Crippen LogP contribution in [0.5, 0.6) is 0 Å². The lowest BCUT2D eigenvalue weighted by molar-refractivity contribution is -0.114. The van der Waals surface area contributed by atoms with Crippen molar-refractivity contribution in [1.29, 1.82) is 0 Å². The van der Waals surface area contributed by atoms with Gasteiger partial charge in [-0.2, -0.15) is 5.21 Å². The summed E-state index contributed by atoms with van der Waals surface area (Å²) in [5, 5.41) is 19.1. The normalized spacial score (nSPS) is 10.2. The van der Waals surface area contributed by atoms with E-state index in [9.17, 15) is 9.59 Å². The summed E-state index contributed by atoms with van der Waals surface area (Å²) in [5.74, 6) is 0.0898. The maximum atomic E-state index is 12.2. The smallest absolute Gasteiger partial charge is 0.255 e. The molecule has 0 aliphatic rings. The van der Waals surface area contributed by atoms with Crippen molar-refractivity contribution >= 4 is 23.2 Å². The van der Waals surface area contributed by atoms with Gasteiger partial charge in [0.15, 0.2) is 0 Å². The first-order valence-corrected chi connectivity index (χ1v) is 7.15. The molecule has 0 fully saturated rings. The Morgan fingerprint density at radius 2 is 1.54 bits per heavy atom. The van der Waals surface area contributed by atoms with Crippen LogP contribution in [0, 0.1) is 0 Å². The van der Waals surface area contributed by atoms with Crippen molar-refractivity contribution in [1.82, 2.24) is 20.6 Å². The molecule has 0 unspecified atom stereocenters. The van der Waals surface area contributed by atoms with Gasteiger partial charge < -0.3 is 10.6 Å². The zero-order chi connectivity index (χ0) is 16.9. The molecule has 2 amide bonds. The standard InChI is InChI=1S/C16H14N6O2/c1-10(23)17-13-8-4-12(5-9-13)16(24)18-14-6-2-11(3-7-14)15-19-21-22-20-15/h2-9H,1H3,(H,17,23)(H,18,24)(H,19,20,21,22). The summed E-state index contributed by atoms with van der Waals surface area (Å²) in [6, 6.07) is 13.7. The first-order chi connectivity index (χ1) is 11.6. The second-order valence-corrected chi connectivity index (χ2v) is 5.03. The van der Waals surface area contributed by atoms with Gasteiger partial charge in [-0.25, -0.2) is 0 Å². The fourth-order valence-electron chi connectivity index (χ4n) is 2.10. The summed E-state index contributed by atoms with van der Waals surface area (Å²) in [7, 11) is 0. The largest absolute Gasteiger partial charge is 0.326 e. The van der Waals surface area contributed by atoms with Crippen LogP contribution in [0.4, 0.5) is 11.4 Å². The van der Waals surface area contributed by atoms with Gasteiger partial charge in [-0.1, -0.05) is 0 Å². The summed E-state index contributed by atoms with van der Waals surface area (Å²) in [6.07, 6.45) is 0. The highest BCUT2D eigenvalue weighted by Crippen LogP contribution is 2.18. The molecule has 2 aromatic carbocycles. The average Bonchev–Trinajstić information content (AvgIpc) is 3.10. The van der Waals surface area contributed by atoms with Crippen molar-refractivity contribution < 1.29 is 9.59 Å². The van der Waals surface area contributed by atoms with E-state index < -0.39 is 0 Å². The van der Waals surface area contributed by atoms with Gasteiger partial charge in [0, 0.05) is 29.4 Å². The summed E-state index contributed by atoms with van der Waals surface area (Å²) >= 11 is 0. The van der Waals surface area contributed by atoms with Crippen molar-refractivity contribution in [3.8, 4) is 11.4 Å². The highest BCUT2D eigenvalue weighted by Gasteiger charge is 2.07. The number of anilines is 2. The number of hydrogen-bond acceptors (Lipinski definition) is 5. The van der Waals surface area contributed by atoms with Crippen molar-refractivity contribution in [2.75, 3.05) is 10.6 Å². The Bertz CT molecular complexity index is 841. The molecule has 0 atom stereocenters. The van der Waals surface area contributed by atoms with Gasteiger partial charge in [-0.3, -0.25) is 9.59 Å². The van der Waals surface area contributed by atoms with E-state index in [0.29, 0.717) is 22.8 Å². The number of nitrogens with zero attached hydrogens (tertiary/aromatic N) is 3. The van der Waals surface area contributed by atoms with Crippen LogP contribution < -0.4 is 10.6 Å². The van der Waals surface area contributed by atoms with E-state index in [2.05, 4.69) is 31.3 Å². The van der Waals surface area contributed by atoms with Gasteiger partial charge in [0.2, 0.25) is 11.7 Å². The number of benzene rings is 2. The molecule has 3 aromatic rings. The van der Waals surface area contributed by atoms with Crippen LogP contribution in [0.3, 0.4) is 0 Å². The Balaban J connectivity index is 1.67. The van der Waals surface area contributed by atoms with Gasteiger partial charge >= 0.3 is 0 Å². The van der Waals surface area contributed by atoms with Crippen molar-refractivity contribution in [3.05, 3.63) is 54.1 Å². The molecule has 8 heteroatoms. The minimum Gasteiger partial charge on any atom is -0.326 e. The number of amides is 2. The Labute approximate surface area is 137 Å². The molecule has 1 heterocycles.